The number of carbonyl (C=O) groups is 1. The van der Waals surface area contributed by atoms with Crippen LogP contribution in [0, 0.1) is 29.1 Å². The Hall–Kier alpha value is -3.73. The Morgan fingerprint density at radius 3 is 2.59 bits per heavy atom. The van der Waals surface area contributed by atoms with Gasteiger partial charge < -0.3 is 19.8 Å². The number of aromatic nitrogens is 2. The lowest BCUT2D eigenvalue weighted by molar-refractivity contribution is -0.0124. The van der Waals surface area contributed by atoms with Gasteiger partial charge in [0.1, 0.15) is 17.9 Å². The molecular formula is C29H32N4O4. The molecule has 2 aromatic heterocycles. The van der Waals surface area contributed by atoms with Crippen LogP contribution in [0.2, 0.25) is 0 Å². The quantitative estimate of drug-likeness (QED) is 0.474. The van der Waals surface area contributed by atoms with Gasteiger partial charge in [-0.25, -0.2) is 14.3 Å². The summed E-state index contributed by atoms with van der Waals surface area (Å²) in [6.07, 6.45) is 4.83. The first-order chi connectivity index (χ1) is 17.8. The second kappa shape index (κ2) is 8.69. The van der Waals surface area contributed by atoms with E-state index in [0.29, 0.717) is 58.3 Å². The van der Waals surface area contributed by atoms with Crippen LogP contribution in [0.15, 0.2) is 30.5 Å². The van der Waals surface area contributed by atoms with Gasteiger partial charge in [0.2, 0.25) is 11.8 Å². The summed E-state index contributed by atoms with van der Waals surface area (Å²) in [6, 6.07) is 9.06. The van der Waals surface area contributed by atoms with Crippen molar-refractivity contribution in [2.24, 2.45) is 17.8 Å². The summed E-state index contributed by atoms with van der Waals surface area (Å²) in [4.78, 5) is 19.4. The molecule has 1 saturated heterocycles. The van der Waals surface area contributed by atoms with Crippen molar-refractivity contribution in [3.05, 3.63) is 47.3 Å². The number of nitriles is 1. The molecule has 3 heterocycles. The van der Waals surface area contributed by atoms with E-state index in [4.69, 9.17) is 4.74 Å². The van der Waals surface area contributed by atoms with Crippen LogP contribution in [0.25, 0.3) is 16.5 Å². The lowest BCUT2D eigenvalue weighted by Gasteiger charge is -2.38. The highest BCUT2D eigenvalue weighted by Gasteiger charge is 2.51. The molecule has 1 aliphatic heterocycles. The highest BCUT2D eigenvalue weighted by atomic mass is 16.6. The van der Waals surface area contributed by atoms with Crippen molar-refractivity contribution in [3.8, 4) is 23.5 Å². The summed E-state index contributed by atoms with van der Waals surface area (Å²) in [5.41, 5.74) is 2.04. The SMILES string of the molecule is CC(C)[C@@H]1CC[C@@H](C)C[C@H]1OC(=O)N1C[C@H]2C[C@H]1c1c2c(O)n(-c2cnc(C#N)c3ccccc23)c1O. The van der Waals surface area contributed by atoms with Gasteiger partial charge in [0.05, 0.1) is 17.9 Å². The molecule has 5 atom stereocenters. The zero-order valence-corrected chi connectivity index (χ0v) is 21.4. The van der Waals surface area contributed by atoms with E-state index in [0.717, 1.165) is 19.3 Å². The number of fused-ring (bicyclic) bond motifs is 6. The second-order valence-electron chi connectivity index (χ2n) is 11.3. The van der Waals surface area contributed by atoms with Gasteiger partial charge in [0.25, 0.3) is 0 Å². The van der Waals surface area contributed by atoms with Gasteiger partial charge in [0, 0.05) is 34.4 Å². The Morgan fingerprint density at radius 1 is 1.14 bits per heavy atom. The van der Waals surface area contributed by atoms with Crippen LogP contribution in [-0.4, -0.2) is 43.4 Å². The number of rotatable bonds is 3. The van der Waals surface area contributed by atoms with E-state index in [1.165, 1.54) is 10.8 Å². The first-order valence-electron chi connectivity index (χ1n) is 13.2. The van der Waals surface area contributed by atoms with E-state index < -0.39 is 0 Å². The van der Waals surface area contributed by atoms with E-state index in [2.05, 4.69) is 31.8 Å². The molecule has 192 valence electrons. The zero-order valence-electron chi connectivity index (χ0n) is 21.4. The van der Waals surface area contributed by atoms with Crippen molar-refractivity contribution < 1.29 is 19.7 Å². The number of pyridine rings is 1. The molecule has 2 aliphatic carbocycles. The number of hydrogen-bond acceptors (Lipinski definition) is 6. The van der Waals surface area contributed by atoms with Gasteiger partial charge in [-0.15, -0.1) is 0 Å². The third-order valence-corrected chi connectivity index (χ3v) is 8.81. The normalized spacial score (nSPS) is 26.5. The van der Waals surface area contributed by atoms with E-state index in [9.17, 15) is 20.3 Å². The summed E-state index contributed by atoms with van der Waals surface area (Å²) in [5, 5.41) is 33.5. The molecule has 8 nitrogen and oxygen atoms in total. The molecule has 0 spiro atoms. The highest BCUT2D eigenvalue weighted by molar-refractivity contribution is 5.93. The van der Waals surface area contributed by atoms with Crippen molar-refractivity contribution in [3.63, 3.8) is 0 Å². The van der Waals surface area contributed by atoms with E-state index in [-0.39, 0.29) is 41.6 Å². The molecule has 0 unspecified atom stereocenters. The highest BCUT2D eigenvalue weighted by Crippen LogP contribution is 2.58. The van der Waals surface area contributed by atoms with Crippen LogP contribution >= 0.6 is 0 Å². The number of benzene rings is 1. The minimum Gasteiger partial charge on any atom is -0.494 e. The number of nitrogens with zero attached hydrogens (tertiary/aromatic N) is 4. The summed E-state index contributed by atoms with van der Waals surface area (Å²) in [5.74, 6) is 1.11. The summed E-state index contributed by atoms with van der Waals surface area (Å²) in [6.45, 7) is 7.05. The predicted octanol–water partition coefficient (Wildman–Crippen LogP) is 5.75. The average Bonchev–Trinajstić information content (AvgIpc) is 3.55. The zero-order chi connectivity index (χ0) is 26.0. The van der Waals surface area contributed by atoms with Gasteiger partial charge in [-0.1, -0.05) is 51.5 Å². The number of likely N-dealkylation sites (tertiary alicyclic amines) is 1. The Labute approximate surface area is 216 Å². The van der Waals surface area contributed by atoms with Gasteiger partial charge in [-0.05, 0) is 37.0 Å². The summed E-state index contributed by atoms with van der Waals surface area (Å²) in [7, 11) is 0. The lowest BCUT2D eigenvalue weighted by Crippen LogP contribution is -2.41. The molecule has 3 aromatic rings. The third-order valence-electron chi connectivity index (χ3n) is 8.81. The standard InChI is InChI=1S/C29H32N4O4/c1-15(2)18-9-8-16(3)10-24(18)37-29(36)32-14-17-11-22(32)26-25(17)27(34)33(28(26)35)23-13-31-21(12-30)19-6-4-5-7-20(19)23/h4-7,13,15-18,22,24,34-35H,8-11,14H2,1-3H3/t16-,17-,18+,22+,24-/m1/s1. The Kier molecular flexibility index (Phi) is 5.55. The molecule has 2 N–H and O–H groups in total. The molecule has 2 bridgehead atoms. The molecule has 1 aromatic carbocycles. The monoisotopic (exact) mass is 500 g/mol. The lowest BCUT2D eigenvalue weighted by atomic mass is 9.75. The smallest absolute Gasteiger partial charge is 0.410 e. The fourth-order valence-electron chi connectivity index (χ4n) is 6.95. The third kappa shape index (κ3) is 3.55. The predicted molar refractivity (Wildman–Crippen MR) is 138 cm³/mol. The van der Waals surface area contributed by atoms with Crippen LogP contribution in [0.1, 0.15) is 75.2 Å². The van der Waals surface area contributed by atoms with Crippen molar-refractivity contribution >= 4 is 16.9 Å². The molecule has 3 aliphatic rings. The number of carbonyl (C=O) groups excluding carboxylic acids is 1. The topological polar surface area (TPSA) is 112 Å². The maximum atomic E-state index is 13.4. The minimum atomic E-state index is -0.351. The molecule has 1 amide bonds. The maximum Gasteiger partial charge on any atom is 0.410 e. The largest absolute Gasteiger partial charge is 0.494 e. The van der Waals surface area contributed by atoms with Gasteiger partial charge in [-0.2, -0.15) is 5.26 Å². The number of amides is 1. The molecule has 0 radical (unpaired) electrons. The summed E-state index contributed by atoms with van der Waals surface area (Å²) >= 11 is 0. The minimum absolute atomic E-state index is 0.0364. The van der Waals surface area contributed by atoms with Crippen molar-refractivity contribution in [1.29, 1.82) is 5.26 Å². The Morgan fingerprint density at radius 2 is 1.86 bits per heavy atom. The van der Waals surface area contributed by atoms with E-state index >= 15 is 0 Å². The van der Waals surface area contributed by atoms with Crippen molar-refractivity contribution in [2.45, 2.75) is 64.5 Å². The maximum absolute atomic E-state index is 13.4. The number of aromatic hydroxyl groups is 2. The van der Waals surface area contributed by atoms with Crippen LogP contribution in [0.3, 0.4) is 0 Å². The molecule has 8 heteroatoms. The Bertz CT molecular complexity index is 1440. The molecule has 6 rings (SSSR count). The fraction of sp³-hybridized carbons (Fsp3) is 0.483. The molecular weight excluding hydrogens is 468 g/mol. The van der Waals surface area contributed by atoms with Crippen LogP contribution in [0.5, 0.6) is 11.8 Å². The molecule has 37 heavy (non-hydrogen) atoms. The first kappa shape index (κ1) is 23.7. The van der Waals surface area contributed by atoms with Gasteiger partial charge in [-0.3, -0.25) is 0 Å². The van der Waals surface area contributed by atoms with E-state index in [1.54, 1.807) is 11.0 Å². The first-order valence-corrected chi connectivity index (χ1v) is 13.2. The Balaban J connectivity index is 1.34. The second-order valence-corrected chi connectivity index (χ2v) is 11.3. The number of ether oxygens (including phenoxy) is 1. The van der Waals surface area contributed by atoms with Crippen LogP contribution in [-0.2, 0) is 4.74 Å². The number of hydrogen-bond donors (Lipinski definition) is 2. The summed E-state index contributed by atoms with van der Waals surface area (Å²) < 4.78 is 7.52. The van der Waals surface area contributed by atoms with Gasteiger partial charge >= 0.3 is 6.09 Å². The van der Waals surface area contributed by atoms with Crippen molar-refractivity contribution in [2.75, 3.05) is 6.54 Å². The van der Waals surface area contributed by atoms with E-state index in [1.807, 2.05) is 18.2 Å². The van der Waals surface area contributed by atoms with Crippen LogP contribution in [0.4, 0.5) is 4.79 Å². The molecule has 1 saturated carbocycles. The van der Waals surface area contributed by atoms with Crippen molar-refractivity contribution in [1.82, 2.24) is 14.5 Å². The molecule has 2 fully saturated rings. The average molecular weight is 501 g/mol. The van der Waals surface area contributed by atoms with Crippen LogP contribution < -0.4 is 0 Å². The fourth-order valence-corrected chi connectivity index (χ4v) is 6.95. The van der Waals surface area contributed by atoms with Gasteiger partial charge in [0.15, 0.2) is 0 Å².